The van der Waals surface area contributed by atoms with E-state index in [4.69, 9.17) is 0 Å². The highest BCUT2D eigenvalue weighted by Gasteiger charge is 2.27. The maximum atomic E-state index is 9.37. The molecule has 1 aliphatic heterocycles. The zero-order valence-electron chi connectivity index (χ0n) is 11.3. The molecule has 3 heteroatoms. The van der Waals surface area contributed by atoms with Gasteiger partial charge in [-0.1, -0.05) is 20.8 Å². The predicted octanol–water partition coefficient (Wildman–Crippen LogP) is 1.32. The van der Waals surface area contributed by atoms with Crippen molar-refractivity contribution in [3.05, 3.63) is 0 Å². The van der Waals surface area contributed by atoms with E-state index in [0.717, 1.165) is 13.0 Å². The van der Waals surface area contributed by atoms with Crippen LogP contribution in [0.1, 0.15) is 33.6 Å². The summed E-state index contributed by atoms with van der Waals surface area (Å²) in [6, 6.07) is 0.619. The van der Waals surface area contributed by atoms with Gasteiger partial charge < -0.3 is 15.3 Å². The summed E-state index contributed by atoms with van der Waals surface area (Å²) in [6.07, 6.45) is 2.25. The lowest BCUT2D eigenvalue weighted by atomic mass is 9.87. The van der Waals surface area contributed by atoms with Gasteiger partial charge in [-0.05, 0) is 32.4 Å². The molecule has 3 unspecified atom stereocenters. The van der Waals surface area contributed by atoms with Crippen LogP contribution < -0.4 is 5.32 Å². The molecule has 0 radical (unpaired) electrons. The smallest absolute Gasteiger partial charge is 0.0496 e. The lowest BCUT2D eigenvalue weighted by molar-refractivity contribution is 0.114. The summed E-state index contributed by atoms with van der Waals surface area (Å²) in [4.78, 5) is 2.40. The van der Waals surface area contributed by atoms with Gasteiger partial charge in [-0.15, -0.1) is 0 Å². The second kappa shape index (κ2) is 5.99. The Morgan fingerprint density at radius 3 is 2.69 bits per heavy atom. The third kappa shape index (κ3) is 3.72. The maximum absolute atomic E-state index is 9.37. The average molecular weight is 228 g/mol. The first-order valence-electron chi connectivity index (χ1n) is 6.53. The van der Waals surface area contributed by atoms with Crippen molar-refractivity contribution in [3.8, 4) is 0 Å². The van der Waals surface area contributed by atoms with Gasteiger partial charge in [-0.2, -0.15) is 0 Å². The number of likely N-dealkylation sites (tertiary alicyclic amines) is 1. The van der Waals surface area contributed by atoms with Crippen LogP contribution in [0.3, 0.4) is 0 Å². The normalized spacial score (nSPS) is 31.3. The summed E-state index contributed by atoms with van der Waals surface area (Å²) in [5.74, 6) is 0.707. The van der Waals surface area contributed by atoms with Crippen LogP contribution in [0.25, 0.3) is 0 Å². The van der Waals surface area contributed by atoms with Crippen LogP contribution in [0.4, 0.5) is 0 Å². The minimum atomic E-state index is 0.0447. The molecule has 0 bridgehead atoms. The van der Waals surface area contributed by atoms with Crippen LogP contribution in [0, 0.1) is 11.3 Å². The van der Waals surface area contributed by atoms with E-state index in [1.165, 1.54) is 19.5 Å². The van der Waals surface area contributed by atoms with Crippen LogP contribution >= 0.6 is 0 Å². The van der Waals surface area contributed by atoms with Crippen molar-refractivity contribution >= 4 is 0 Å². The number of rotatable bonds is 5. The standard InChI is InChI=1S/C13H28N2O/c1-5-13(3,10-16)9-14-12-6-7-15(4)8-11(12)2/h11-12,14,16H,5-10H2,1-4H3. The van der Waals surface area contributed by atoms with Crippen molar-refractivity contribution in [2.75, 3.05) is 33.3 Å². The summed E-state index contributed by atoms with van der Waals surface area (Å²) >= 11 is 0. The molecular formula is C13H28N2O. The zero-order valence-corrected chi connectivity index (χ0v) is 11.3. The van der Waals surface area contributed by atoms with Crippen LogP contribution in [-0.2, 0) is 0 Å². The van der Waals surface area contributed by atoms with Crippen LogP contribution in [-0.4, -0.2) is 49.3 Å². The molecule has 0 amide bonds. The summed E-state index contributed by atoms with van der Waals surface area (Å²) in [7, 11) is 2.19. The summed E-state index contributed by atoms with van der Waals surface area (Å²) in [5, 5.41) is 13.0. The minimum Gasteiger partial charge on any atom is -0.396 e. The number of aliphatic hydroxyl groups excluding tert-OH is 1. The highest BCUT2D eigenvalue weighted by molar-refractivity contribution is 4.84. The summed E-state index contributed by atoms with van der Waals surface area (Å²) in [6.45, 7) is 10.2. The van der Waals surface area contributed by atoms with E-state index < -0.39 is 0 Å². The van der Waals surface area contributed by atoms with E-state index in [1.807, 2.05) is 0 Å². The Morgan fingerprint density at radius 1 is 1.50 bits per heavy atom. The summed E-state index contributed by atoms with van der Waals surface area (Å²) < 4.78 is 0. The molecule has 0 aromatic carbocycles. The molecule has 0 aliphatic carbocycles. The second-order valence-corrected chi connectivity index (χ2v) is 5.84. The zero-order chi connectivity index (χ0) is 12.2. The third-order valence-electron chi connectivity index (χ3n) is 4.13. The second-order valence-electron chi connectivity index (χ2n) is 5.84. The maximum Gasteiger partial charge on any atom is 0.0496 e. The molecule has 0 spiro atoms. The Bertz CT molecular complexity index is 204. The first-order valence-corrected chi connectivity index (χ1v) is 6.53. The average Bonchev–Trinajstić information content (AvgIpc) is 2.27. The molecule has 1 aliphatic rings. The van der Waals surface area contributed by atoms with E-state index in [-0.39, 0.29) is 12.0 Å². The van der Waals surface area contributed by atoms with Gasteiger partial charge in [0.2, 0.25) is 0 Å². The van der Waals surface area contributed by atoms with Crippen molar-refractivity contribution in [3.63, 3.8) is 0 Å². The highest BCUT2D eigenvalue weighted by Crippen LogP contribution is 2.21. The number of hydrogen-bond donors (Lipinski definition) is 2. The van der Waals surface area contributed by atoms with Gasteiger partial charge in [0.1, 0.15) is 0 Å². The van der Waals surface area contributed by atoms with E-state index >= 15 is 0 Å². The fraction of sp³-hybridized carbons (Fsp3) is 1.00. The Kier molecular flexibility index (Phi) is 5.22. The van der Waals surface area contributed by atoms with Crippen LogP contribution in [0.5, 0.6) is 0 Å². The quantitative estimate of drug-likeness (QED) is 0.745. The van der Waals surface area contributed by atoms with Gasteiger partial charge in [0, 0.05) is 31.2 Å². The fourth-order valence-electron chi connectivity index (χ4n) is 2.33. The lowest BCUT2D eigenvalue weighted by Crippen LogP contribution is -2.49. The number of aliphatic hydroxyl groups is 1. The SMILES string of the molecule is CCC(C)(CO)CNC1CCN(C)CC1C. The van der Waals surface area contributed by atoms with Gasteiger partial charge in [-0.3, -0.25) is 0 Å². The number of nitrogens with zero attached hydrogens (tertiary/aromatic N) is 1. The Labute approximate surface area is 100 Å². The van der Waals surface area contributed by atoms with Gasteiger partial charge in [0.15, 0.2) is 0 Å². The molecule has 3 atom stereocenters. The van der Waals surface area contributed by atoms with Gasteiger partial charge >= 0.3 is 0 Å². The molecule has 0 saturated carbocycles. The highest BCUT2D eigenvalue weighted by atomic mass is 16.3. The Hall–Kier alpha value is -0.120. The van der Waals surface area contributed by atoms with Gasteiger partial charge in [0.25, 0.3) is 0 Å². The largest absolute Gasteiger partial charge is 0.396 e. The molecule has 0 aromatic heterocycles. The van der Waals surface area contributed by atoms with E-state index in [2.05, 4.69) is 38.0 Å². The Balaban J connectivity index is 2.37. The van der Waals surface area contributed by atoms with Crippen molar-refractivity contribution < 1.29 is 5.11 Å². The number of nitrogens with one attached hydrogen (secondary N) is 1. The molecule has 1 fully saturated rings. The van der Waals surface area contributed by atoms with Crippen molar-refractivity contribution in [1.82, 2.24) is 10.2 Å². The van der Waals surface area contributed by atoms with Crippen LogP contribution in [0.15, 0.2) is 0 Å². The summed E-state index contributed by atoms with van der Waals surface area (Å²) in [5.41, 5.74) is 0.0447. The molecule has 96 valence electrons. The molecule has 1 heterocycles. The van der Waals surface area contributed by atoms with Crippen molar-refractivity contribution in [2.45, 2.75) is 39.7 Å². The van der Waals surface area contributed by atoms with E-state index in [0.29, 0.717) is 12.0 Å². The predicted molar refractivity (Wildman–Crippen MR) is 68.6 cm³/mol. The van der Waals surface area contributed by atoms with Gasteiger partial charge in [0.05, 0.1) is 0 Å². The minimum absolute atomic E-state index is 0.0447. The monoisotopic (exact) mass is 228 g/mol. The van der Waals surface area contributed by atoms with Gasteiger partial charge in [-0.25, -0.2) is 0 Å². The fourth-order valence-corrected chi connectivity index (χ4v) is 2.33. The van der Waals surface area contributed by atoms with Crippen molar-refractivity contribution in [1.29, 1.82) is 0 Å². The topological polar surface area (TPSA) is 35.5 Å². The molecule has 2 N–H and O–H groups in total. The number of piperidine rings is 1. The first kappa shape index (κ1) is 13.9. The number of hydrogen-bond acceptors (Lipinski definition) is 3. The Morgan fingerprint density at radius 2 is 2.19 bits per heavy atom. The molecule has 16 heavy (non-hydrogen) atoms. The molecule has 0 aromatic rings. The molecule has 1 saturated heterocycles. The molecule has 3 nitrogen and oxygen atoms in total. The molecular weight excluding hydrogens is 200 g/mol. The van der Waals surface area contributed by atoms with Crippen molar-refractivity contribution in [2.24, 2.45) is 11.3 Å². The first-order chi connectivity index (χ1) is 7.50. The van der Waals surface area contributed by atoms with E-state index in [9.17, 15) is 5.11 Å². The van der Waals surface area contributed by atoms with Crippen LogP contribution in [0.2, 0.25) is 0 Å². The van der Waals surface area contributed by atoms with E-state index in [1.54, 1.807) is 0 Å². The lowest BCUT2D eigenvalue weighted by Gasteiger charge is -2.37. The molecule has 1 rings (SSSR count). The third-order valence-corrected chi connectivity index (χ3v) is 4.13.